The molecule has 0 saturated heterocycles. The lowest BCUT2D eigenvalue weighted by Gasteiger charge is -2.28. The first-order valence-electron chi connectivity index (χ1n) is 10.2. The topological polar surface area (TPSA) is 38.3 Å². The zero-order valence-corrected chi connectivity index (χ0v) is 16.8. The number of nitrogens with one attached hydrogen (secondary N) is 1. The molecule has 3 heteroatoms. The molecule has 0 radical (unpaired) electrons. The van der Waals surface area contributed by atoms with Gasteiger partial charge in [0, 0.05) is 5.69 Å². The van der Waals surface area contributed by atoms with Crippen LogP contribution < -0.4 is 10.1 Å². The van der Waals surface area contributed by atoms with Gasteiger partial charge in [0.1, 0.15) is 5.75 Å². The monoisotopic (exact) mass is 365 g/mol. The van der Waals surface area contributed by atoms with E-state index in [4.69, 9.17) is 4.74 Å². The van der Waals surface area contributed by atoms with E-state index in [1.165, 1.54) is 0 Å². The van der Waals surface area contributed by atoms with Gasteiger partial charge >= 0.3 is 0 Å². The van der Waals surface area contributed by atoms with Crippen LogP contribution in [0.1, 0.15) is 62.1 Å². The molecule has 0 spiro atoms. The van der Waals surface area contributed by atoms with Gasteiger partial charge < -0.3 is 10.1 Å². The molecule has 0 unspecified atom stereocenters. The number of aryl methyl sites for hydroxylation is 2. The van der Waals surface area contributed by atoms with E-state index in [-0.39, 0.29) is 5.91 Å². The SMILES string of the molecule is CCCCOc1c(C)cc(NC(=O)C2(c3ccccc3)CCCC2)cc1C. The van der Waals surface area contributed by atoms with Crippen LogP contribution in [0.15, 0.2) is 42.5 Å². The van der Waals surface area contributed by atoms with Crippen LogP contribution in [0.2, 0.25) is 0 Å². The maximum atomic E-state index is 13.3. The fourth-order valence-electron chi connectivity index (χ4n) is 4.20. The molecule has 3 rings (SSSR count). The standard InChI is InChI=1S/C24H31NO2/c1-4-5-15-27-22-18(2)16-21(17-19(22)3)25-23(26)24(13-9-10-14-24)20-11-7-6-8-12-20/h6-8,11-12,16-17H,4-5,9-10,13-15H2,1-3H3,(H,25,26). The molecule has 3 nitrogen and oxygen atoms in total. The molecule has 1 saturated carbocycles. The Labute approximate surface area is 163 Å². The Morgan fingerprint density at radius 1 is 1.07 bits per heavy atom. The van der Waals surface area contributed by atoms with Gasteiger partial charge in [-0.05, 0) is 61.9 Å². The number of anilines is 1. The van der Waals surface area contributed by atoms with Gasteiger partial charge in [0.25, 0.3) is 0 Å². The first-order chi connectivity index (χ1) is 13.1. The zero-order chi connectivity index (χ0) is 19.3. The Bertz CT molecular complexity index is 753. The van der Waals surface area contributed by atoms with E-state index in [2.05, 4.69) is 24.4 Å². The summed E-state index contributed by atoms with van der Waals surface area (Å²) in [6, 6.07) is 14.3. The first kappa shape index (κ1) is 19.5. The van der Waals surface area contributed by atoms with Crippen LogP contribution >= 0.6 is 0 Å². The second kappa shape index (κ2) is 8.60. The lowest BCUT2D eigenvalue weighted by Crippen LogP contribution is -2.38. The van der Waals surface area contributed by atoms with Crippen molar-refractivity contribution < 1.29 is 9.53 Å². The van der Waals surface area contributed by atoms with Crippen molar-refractivity contribution in [1.29, 1.82) is 0 Å². The van der Waals surface area contributed by atoms with Crippen LogP contribution in [0.4, 0.5) is 5.69 Å². The van der Waals surface area contributed by atoms with Crippen LogP contribution in [0.5, 0.6) is 5.75 Å². The third-order valence-corrected chi connectivity index (χ3v) is 5.68. The Hall–Kier alpha value is -2.29. The average Bonchev–Trinajstić information content (AvgIpc) is 3.16. The third-order valence-electron chi connectivity index (χ3n) is 5.68. The van der Waals surface area contributed by atoms with E-state index in [1.807, 2.05) is 44.2 Å². The number of unbranched alkanes of at least 4 members (excludes halogenated alkanes) is 1. The predicted octanol–water partition coefficient (Wildman–Crippen LogP) is 5.93. The molecule has 1 aliphatic carbocycles. The molecule has 2 aromatic carbocycles. The molecule has 0 aromatic heterocycles. The molecule has 0 bridgehead atoms. The van der Waals surface area contributed by atoms with E-state index >= 15 is 0 Å². The molecule has 27 heavy (non-hydrogen) atoms. The number of carbonyl (C=O) groups excluding carboxylic acids is 1. The average molecular weight is 366 g/mol. The minimum Gasteiger partial charge on any atom is -0.493 e. The summed E-state index contributed by atoms with van der Waals surface area (Å²) in [5.41, 5.74) is 3.73. The van der Waals surface area contributed by atoms with Gasteiger partial charge in [0.15, 0.2) is 0 Å². The number of amides is 1. The third kappa shape index (κ3) is 4.18. The maximum absolute atomic E-state index is 13.3. The summed E-state index contributed by atoms with van der Waals surface area (Å²) in [5.74, 6) is 1.06. The summed E-state index contributed by atoms with van der Waals surface area (Å²) in [6.07, 6.45) is 6.21. The summed E-state index contributed by atoms with van der Waals surface area (Å²) in [5, 5.41) is 3.20. The lowest BCUT2D eigenvalue weighted by molar-refractivity contribution is -0.121. The van der Waals surface area contributed by atoms with Crippen molar-refractivity contribution in [3.8, 4) is 5.75 Å². The van der Waals surface area contributed by atoms with Gasteiger partial charge in [-0.2, -0.15) is 0 Å². The molecular weight excluding hydrogens is 334 g/mol. The van der Waals surface area contributed by atoms with Gasteiger partial charge in [-0.3, -0.25) is 4.79 Å². The van der Waals surface area contributed by atoms with Crippen molar-refractivity contribution in [2.24, 2.45) is 0 Å². The van der Waals surface area contributed by atoms with Crippen LogP contribution in [0.25, 0.3) is 0 Å². The largest absolute Gasteiger partial charge is 0.493 e. The van der Waals surface area contributed by atoms with Gasteiger partial charge in [-0.1, -0.05) is 56.5 Å². The predicted molar refractivity (Wildman–Crippen MR) is 112 cm³/mol. The highest BCUT2D eigenvalue weighted by molar-refractivity contribution is 5.99. The summed E-state index contributed by atoms with van der Waals surface area (Å²) in [4.78, 5) is 13.3. The lowest BCUT2D eigenvalue weighted by atomic mass is 9.78. The van der Waals surface area contributed by atoms with E-state index in [0.717, 1.165) is 73.3 Å². The number of rotatable bonds is 7. The van der Waals surface area contributed by atoms with Crippen molar-refractivity contribution in [2.45, 2.75) is 64.7 Å². The molecule has 0 heterocycles. The normalized spacial score (nSPS) is 15.5. The number of carbonyl (C=O) groups is 1. The van der Waals surface area contributed by atoms with Crippen LogP contribution in [-0.4, -0.2) is 12.5 Å². The molecule has 2 aromatic rings. The summed E-state index contributed by atoms with van der Waals surface area (Å²) in [7, 11) is 0. The molecule has 1 amide bonds. The van der Waals surface area contributed by atoms with Crippen LogP contribution in [-0.2, 0) is 10.2 Å². The molecule has 1 fully saturated rings. The molecule has 0 atom stereocenters. The van der Waals surface area contributed by atoms with Crippen molar-refractivity contribution >= 4 is 11.6 Å². The summed E-state index contributed by atoms with van der Waals surface area (Å²) < 4.78 is 5.94. The van der Waals surface area contributed by atoms with Crippen molar-refractivity contribution in [2.75, 3.05) is 11.9 Å². The van der Waals surface area contributed by atoms with Crippen LogP contribution in [0, 0.1) is 13.8 Å². The molecule has 1 aliphatic rings. The highest BCUT2D eigenvalue weighted by Gasteiger charge is 2.42. The number of hydrogen-bond acceptors (Lipinski definition) is 2. The molecular formula is C24H31NO2. The molecule has 0 aliphatic heterocycles. The second-order valence-electron chi connectivity index (χ2n) is 7.75. The van der Waals surface area contributed by atoms with Crippen LogP contribution in [0.3, 0.4) is 0 Å². The highest BCUT2D eigenvalue weighted by Crippen LogP contribution is 2.42. The van der Waals surface area contributed by atoms with E-state index in [1.54, 1.807) is 0 Å². The van der Waals surface area contributed by atoms with Crippen molar-refractivity contribution in [1.82, 2.24) is 0 Å². The first-order valence-corrected chi connectivity index (χ1v) is 10.2. The minimum absolute atomic E-state index is 0.115. The van der Waals surface area contributed by atoms with Gasteiger partial charge in [-0.25, -0.2) is 0 Å². The Morgan fingerprint density at radius 2 is 1.70 bits per heavy atom. The molecule has 1 N–H and O–H groups in total. The Kier molecular flexibility index (Phi) is 6.20. The van der Waals surface area contributed by atoms with Crippen molar-refractivity contribution in [3.63, 3.8) is 0 Å². The zero-order valence-electron chi connectivity index (χ0n) is 16.8. The van der Waals surface area contributed by atoms with E-state index in [0.29, 0.717) is 0 Å². The quantitative estimate of drug-likeness (QED) is 0.617. The van der Waals surface area contributed by atoms with E-state index < -0.39 is 5.41 Å². The molecule has 144 valence electrons. The highest BCUT2D eigenvalue weighted by atomic mass is 16.5. The smallest absolute Gasteiger partial charge is 0.235 e. The van der Waals surface area contributed by atoms with Gasteiger partial charge in [0.05, 0.1) is 12.0 Å². The van der Waals surface area contributed by atoms with Crippen molar-refractivity contribution in [3.05, 3.63) is 59.2 Å². The fraction of sp³-hybridized carbons (Fsp3) is 0.458. The van der Waals surface area contributed by atoms with Gasteiger partial charge in [0.2, 0.25) is 5.91 Å². The number of ether oxygens (including phenoxy) is 1. The Morgan fingerprint density at radius 3 is 2.30 bits per heavy atom. The maximum Gasteiger partial charge on any atom is 0.235 e. The summed E-state index contributed by atoms with van der Waals surface area (Å²) in [6.45, 7) is 6.99. The second-order valence-corrected chi connectivity index (χ2v) is 7.75. The Balaban J connectivity index is 1.81. The number of hydrogen-bond donors (Lipinski definition) is 1. The fourth-order valence-corrected chi connectivity index (χ4v) is 4.20. The summed E-state index contributed by atoms with van der Waals surface area (Å²) >= 11 is 0. The van der Waals surface area contributed by atoms with E-state index in [9.17, 15) is 4.79 Å². The number of benzene rings is 2. The minimum atomic E-state index is -0.403. The van der Waals surface area contributed by atoms with Gasteiger partial charge in [-0.15, -0.1) is 0 Å².